The summed E-state index contributed by atoms with van der Waals surface area (Å²) >= 11 is 1.29. The number of anilines is 1. The number of rotatable bonds is 5. The van der Waals surface area contributed by atoms with Crippen molar-refractivity contribution in [1.29, 1.82) is 0 Å². The molecular weight excluding hydrogens is 245 g/mol. The van der Waals surface area contributed by atoms with Gasteiger partial charge in [0.2, 0.25) is 16.0 Å². The van der Waals surface area contributed by atoms with Crippen molar-refractivity contribution in [3.8, 4) is 0 Å². The van der Waals surface area contributed by atoms with E-state index in [1.165, 1.54) is 11.3 Å². The molecule has 0 saturated carbocycles. The number of aromatic nitrogens is 2. The summed E-state index contributed by atoms with van der Waals surface area (Å²) in [4.78, 5) is 0. The predicted octanol–water partition coefficient (Wildman–Crippen LogP) is 0.999. The van der Waals surface area contributed by atoms with Crippen LogP contribution in [0.1, 0.15) is 37.6 Å². The van der Waals surface area contributed by atoms with Gasteiger partial charge in [0.1, 0.15) is 5.01 Å². The molecule has 15 heavy (non-hydrogen) atoms. The number of nitrogens with one attached hydrogen (secondary N) is 1. The van der Waals surface area contributed by atoms with Crippen LogP contribution in [0.15, 0.2) is 0 Å². The van der Waals surface area contributed by atoms with E-state index in [1.807, 2.05) is 0 Å². The predicted molar refractivity (Wildman–Crippen MR) is 62.9 cm³/mol. The topological polar surface area (TPSA) is 72.0 Å². The standard InChI is InChI=1S/C7H13N3O2S2.Na/c1-3-4-5(2)6-8-9-7(13-6)10-14(11)12;/h5,14H,3-4H2,1-2H3,(H,9,10,11,12);. The number of hydrogen-bond acceptors (Lipinski definition) is 5. The fraction of sp³-hybridized carbons (Fsp3) is 0.714. The van der Waals surface area contributed by atoms with Gasteiger partial charge in [-0.25, -0.2) is 8.42 Å². The van der Waals surface area contributed by atoms with Crippen molar-refractivity contribution >= 4 is 56.9 Å². The first kappa shape index (κ1) is 15.3. The molecule has 81 valence electrons. The van der Waals surface area contributed by atoms with Crippen LogP contribution >= 0.6 is 11.3 Å². The molecule has 1 atom stereocenters. The molecule has 0 aliphatic heterocycles. The van der Waals surface area contributed by atoms with E-state index in [-0.39, 0.29) is 29.6 Å². The van der Waals surface area contributed by atoms with Crippen LogP contribution in [0.25, 0.3) is 0 Å². The number of nitrogens with zero attached hydrogens (tertiary/aromatic N) is 2. The van der Waals surface area contributed by atoms with Crippen LogP contribution < -0.4 is 4.72 Å². The van der Waals surface area contributed by atoms with Crippen LogP contribution in [0.2, 0.25) is 0 Å². The van der Waals surface area contributed by atoms with Gasteiger partial charge in [0.05, 0.1) is 0 Å². The zero-order valence-electron chi connectivity index (χ0n) is 9.06. The molecule has 0 aromatic carbocycles. The second-order valence-electron chi connectivity index (χ2n) is 3.00. The smallest absolute Gasteiger partial charge is 0.224 e. The quantitative estimate of drug-likeness (QED) is 0.610. The molecule has 8 heteroatoms. The van der Waals surface area contributed by atoms with Crippen molar-refractivity contribution < 1.29 is 8.42 Å². The summed E-state index contributed by atoms with van der Waals surface area (Å²) in [6, 6.07) is 0. The molecule has 1 N–H and O–H groups in total. The van der Waals surface area contributed by atoms with Crippen LogP contribution in [-0.4, -0.2) is 48.2 Å². The van der Waals surface area contributed by atoms with Crippen molar-refractivity contribution in [2.24, 2.45) is 0 Å². The van der Waals surface area contributed by atoms with E-state index in [0.717, 1.165) is 17.8 Å². The van der Waals surface area contributed by atoms with Crippen LogP contribution in [0.5, 0.6) is 0 Å². The van der Waals surface area contributed by atoms with Gasteiger partial charge in [0, 0.05) is 35.5 Å². The minimum atomic E-state index is -2.63. The van der Waals surface area contributed by atoms with Gasteiger partial charge in [-0.2, -0.15) is 0 Å². The zero-order valence-corrected chi connectivity index (χ0v) is 12.8. The summed E-state index contributed by atoms with van der Waals surface area (Å²) in [6.07, 6.45) is 2.12. The first-order valence-corrected chi connectivity index (χ1v) is 6.37. The molecule has 0 fully saturated rings. The molecule has 1 heterocycles. The molecule has 0 spiro atoms. The molecule has 1 unspecified atom stereocenters. The SMILES string of the molecule is CCCC(C)c1nnc(N[SH](=O)=O)s1.[Na]. The Bertz CT molecular complexity index is 359. The Balaban J connectivity index is 0.00000196. The Morgan fingerprint density at radius 3 is 2.67 bits per heavy atom. The molecule has 0 aliphatic rings. The summed E-state index contributed by atoms with van der Waals surface area (Å²) in [6.45, 7) is 4.16. The third-order valence-corrected chi connectivity index (χ3v) is 3.39. The van der Waals surface area contributed by atoms with Gasteiger partial charge < -0.3 is 0 Å². The molecular formula is C7H13N3NaO2S2. The largest absolute Gasteiger partial charge is 0.259 e. The van der Waals surface area contributed by atoms with Crippen molar-refractivity contribution in [3.05, 3.63) is 5.01 Å². The fourth-order valence-corrected chi connectivity index (χ4v) is 2.40. The van der Waals surface area contributed by atoms with Crippen LogP contribution in [0.4, 0.5) is 5.13 Å². The van der Waals surface area contributed by atoms with E-state index < -0.39 is 10.9 Å². The van der Waals surface area contributed by atoms with Crippen LogP contribution in [0.3, 0.4) is 0 Å². The van der Waals surface area contributed by atoms with E-state index in [2.05, 4.69) is 28.8 Å². The number of thiol groups is 1. The molecule has 0 saturated heterocycles. The van der Waals surface area contributed by atoms with Gasteiger partial charge in [0.15, 0.2) is 0 Å². The monoisotopic (exact) mass is 258 g/mol. The van der Waals surface area contributed by atoms with E-state index in [9.17, 15) is 8.42 Å². The molecule has 1 radical (unpaired) electrons. The average molecular weight is 258 g/mol. The molecule has 1 rings (SSSR count). The third kappa shape index (κ3) is 5.26. The average Bonchev–Trinajstić information content (AvgIpc) is 2.52. The Kier molecular flexibility index (Phi) is 7.72. The van der Waals surface area contributed by atoms with E-state index in [1.54, 1.807) is 0 Å². The maximum absolute atomic E-state index is 10.3. The summed E-state index contributed by atoms with van der Waals surface area (Å²) < 4.78 is 22.9. The molecule has 0 aliphatic carbocycles. The van der Waals surface area contributed by atoms with Gasteiger partial charge in [-0.15, -0.1) is 10.2 Å². The van der Waals surface area contributed by atoms with Gasteiger partial charge >= 0.3 is 0 Å². The Morgan fingerprint density at radius 1 is 1.47 bits per heavy atom. The van der Waals surface area contributed by atoms with Crippen molar-refractivity contribution in [3.63, 3.8) is 0 Å². The first-order chi connectivity index (χ1) is 6.63. The summed E-state index contributed by atoms with van der Waals surface area (Å²) in [5.41, 5.74) is 0. The molecule has 0 amide bonds. The van der Waals surface area contributed by atoms with Crippen LogP contribution in [-0.2, 0) is 10.9 Å². The Morgan fingerprint density at radius 2 is 2.13 bits per heavy atom. The van der Waals surface area contributed by atoms with Crippen molar-refractivity contribution in [1.82, 2.24) is 10.2 Å². The van der Waals surface area contributed by atoms with Gasteiger partial charge in [0.25, 0.3) is 0 Å². The van der Waals surface area contributed by atoms with E-state index in [4.69, 9.17) is 0 Å². The Labute approximate surface area is 117 Å². The fourth-order valence-electron chi connectivity index (χ4n) is 1.11. The van der Waals surface area contributed by atoms with Crippen molar-refractivity contribution in [2.75, 3.05) is 4.72 Å². The Hall–Kier alpha value is 0.310. The van der Waals surface area contributed by atoms with E-state index >= 15 is 0 Å². The maximum Gasteiger partial charge on any atom is 0.224 e. The second kappa shape index (κ2) is 7.56. The van der Waals surface area contributed by atoms with Gasteiger partial charge in [-0.05, 0) is 6.42 Å². The molecule has 5 nitrogen and oxygen atoms in total. The summed E-state index contributed by atoms with van der Waals surface area (Å²) in [5.74, 6) is 0.345. The zero-order chi connectivity index (χ0) is 10.6. The summed E-state index contributed by atoms with van der Waals surface area (Å²) in [5, 5.41) is 8.89. The summed E-state index contributed by atoms with van der Waals surface area (Å²) in [7, 11) is -2.63. The van der Waals surface area contributed by atoms with Crippen molar-refractivity contribution in [2.45, 2.75) is 32.6 Å². The van der Waals surface area contributed by atoms with Crippen LogP contribution in [0, 0.1) is 0 Å². The second-order valence-corrected chi connectivity index (χ2v) is 4.75. The third-order valence-electron chi connectivity index (χ3n) is 1.77. The molecule has 1 aromatic rings. The minimum absolute atomic E-state index is 0. The maximum atomic E-state index is 10.3. The normalized spacial score (nSPS) is 12.2. The van der Waals surface area contributed by atoms with E-state index in [0.29, 0.717) is 11.0 Å². The molecule has 1 aromatic heterocycles. The van der Waals surface area contributed by atoms with Gasteiger partial charge in [-0.1, -0.05) is 31.6 Å². The first-order valence-electron chi connectivity index (χ1n) is 4.38. The molecule has 0 bridgehead atoms. The minimum Gasteiger partial charge on any atom is -0.259 e. The number of hydrogen-bond donors (Lipinski definition) is 2. The van der Waals surface area contributed by atoms with Gasteiger partial charge in [-0.3, -0.25) is 4.72 Å².